The molecule has 1 aliphatic heterocycles. The first-order chi connectivity index (χ1) is 15.1. The fraction of sp³-hybridized carbons (Fsp3) is 0.385. The van der Waals surface area contributed by atoms with Gasteiger partial charge < -0.3 is 15.5 Å². The molecule has 2 heterocycles. The van der Waals surface area contributed by atoms with Gasteiger partial charge >= 0.3 is 0 Å². The maximum atomic E-state index is 13.1. The SMILES string of the molecule is Cc1ccc(C)c(Nc2cc(C(=O)NCCN3CCCCCC3)c3ccccc3n2)c1. The molecule has 0 radical (unpaired) electrons. The Balaban J connectivity index is 1.53. The highest BCUT2D eigenvalue weighted by Crippen LogP contribution is 2.25. The number of aryl methyl sites for hydroxylation is 2. The van der Waals surface area contributed by atoms with Crippen LogP contribution in [-0.2, 0) is 0 Å². The number of amides is 1. The minimum atomic E-state index is -0.0440. The normalized spacial score (nSPS) is 14.9. The maximum Gasteiger partial charge on any atom is 0.252 e. The quantitative estimate of drug-likeness (QED) is 0.580. The minimum absolute atomic E-state index is 0.0440. The zero-order chi connectivity index (χ0) is 21.6. The molecule has 0 bridgehead atoms. The number of nitrogens with one attached hydrogen (secondary N) is 2. The third-order valence-corrected chi connectivity index (χ3v) is 6.03. The lowest BCUT2D eigenvalue weighted by Crippen LogP contribution is -2.35. The lowest BCUT2D eigenvalue weighted by atomic mass is 10.1. The zero-order valence-electron chi connectivity index (χ0n) is 18.6. The van der Waals surface area contributed by atoms with Crippen LogP contribution in [0.2, 0.25) is 0 Å². The lowest BCUT2D eigenvalue weighted by molar-refractivity contribution is 0.0950. The predicted molar refractivity (Wildman–Crippen MR) is 128 cm³/mol. The van der Waals surface area contributed by atoms with E-state index in [0.29, 0.717) is 17.9 Å². The van der Waals surface area contributed by atoms with Gasteiger partial charge in [-0.25, -0.2) is 4.98 Å². The first kappa shape index (κ1) is 21.3. The molecular formula is C26H32N4O. The number of hydrogen-bond acceptors (Lipinski definition) is 4. The Kier molecular flexibility index (Phi) is 6.82. The number of benzene rings is 2. The Morgan fingerprint density at radius 3 is 2.58 bits per heavy atom. The number of rotatable bonds is 6. The molecule has 2 N–H and O–H groups in total. The zero-order valence-corrected chi connectivity index (χ0v) is 18.6. The van der Waals surface area contributed by atoms with Crippen molar-refractivity contribution in [3.05, 3.63) is 65.2 Å². The molecule has 1 amide bonds. The second-order valence-electron chi connectivity index (χ2n) is 8.53. The number of fused-ring (bicyclic) bond motifs is 1. The lowest BCUT2D eigenvalue weighted by Gasteiger charge is -2.20. The van der Waals surface area contributed by atoms with Crippen molar-refractivity contribution in [2.45, 2.75) is 39.5 Å². The van der Waals surface area contributed by atoms with Gasteiger partial charge in [0.2, 0.25) is 0 Å². The number of likely N-dealkylation sites (tertiary alicyclic amines) is 1. The second kappa shape index (κ2) is 9.92. The largest absolute Gasteiger partial charge is 0.351 e. The third kappa shape index (κ3) is 5.42. The number of para-hydroxylation sites is 1. The van der Waals surface area contributed by atoms with Gasteiger partial charge in [-0.05, 0) is 69.1 Å². The summed E-state index contributed by atoms with van der Waals surface area (Å²) in [6.07, 6.45) is 5.16. The maximum absolute atomic E-state index is 13.1. The summed E-state index contributed by atoms with van der Waals surface area (Å²) >= 11 is 0. The van der Waals surface area contributed by atoms with Crippen LogP contribution < -0.4 is 10.6 Å². The van der Waals surface area contributed by atoms with E-state index in [4.69, 9.17) is 4.98 Å². The Morgan fingerprint density at radius 1 is 1.00 bits per heavy atom. The number of carbonyl (C=O) groups excluding carboxylic acids is 1. The van der Waals surface area contributed by atoms with E-state index in [9.17, 15) is 4.79 Å². The molecule has 0 aliphatic carbocycles. The van der Waals surface area contributed by atoms with Gasteiger partial charge in [0, 0.05) is 24.2 Å². The molecule has 3 aromatic rings. The van der Waals surface area contributed by atoms with E-state index < -0.39 is 0 Å². The molecule has 1 aliphatic rings. The number of carbonyl (C=O) groups is 1. The molecule has 4 rings (SSSR count). The van der Waals surface area contributed by atoms with Gasteiger partial charge in [-0.1, -0.05) is 43.2 Å². The molecule has 2 aromatic carbocycles. The van der Waals surface area contributed by atoms with Crippen molar-refractivity contribution in [2.75, 3.05) is 31.5 Å². The van der Waals surface area contributed by atoms with Crippen LogP contribution in [0.1, 0.15) is 47.2 Å². The van der Waals surface area contributed by atoms with E-state index in [0.717, 1.165) is 41.8 Å². The molecule has 1 aromatic heterocycles. The van der Waals surface area contributed by atoms with Crippen LogP contribution in [0.25, 0.3) is 10.9 Å². The summed E-state index contributed by atoms with van der Waals surface area (Å²) in [5.74, 6) is 0.641. The monoisotopic (exact) mass is 416 g/mol. The summed E-state index contributed by atoms with van der Waals surface area (Å²) in [5.41, 5.74) is 4.81. The number of aromatic nitrogens is 1. The van der Waals surface area contributed by atoms with Crippen molar-refractivity contribution >= 4 is 28.3 Å². The molecule has 0 spiro atoms. The first-order valence-electron chi connectivity index (χ1n) is 11.3. The molecular weight excluding hydrogens is 384 g/mol. The summed E-state index contributed by atoms with van der Waals surface area (Å²) in [6.45, 7) is 7.98. The van der Waals surface area contributed by atoms with Crippen molar-refractivity contribution in [1.29, 1.82) is 0 Å². The molecule has 0 unspecified atom stereocenters. The van der Waals surface area contributed by atoms with E-state index >= 15 is 0 Å². The number of hydrogen-bond donors (Lipinski definition) is 2. The fourth-order valence-electron chi connectivity index (χ4n) is 4.22. The molecule has 0 atom stereocenters. The van der Waals surface area contributed by atoms with Gasteiger partial charge in [-0.3, -0.25) is 4.79 Å². The fourth-order valence-corrected chi connectivity index (χ4v) is 4.22. The van der Waals surface area contributed by atoms with Crippen LogP contribution >= 0.6 is 0 Å². The highest BCUT2D eigenvalue weighted by molar-refractivity contribution is 6.07. The van der Waals surface area contributed by atoms with Gasteiger partial charge in [0.1, 0.15) is 5.82 Å². The number of anilines is 2. The summed E-state index contributed by atoms with van der Waals surface area (Å²) in [6, 6.07) is 16.0. The topological polar surface area (TPSA) is 57.3 Å². The van der Waals surface area contributed by atoms with E-state index in [1.807, 2.05) is 30.3 Å². The van der Waals surface area contributed by atoms with Crippen LogP contribution in [0.15, 0.2) is 48.5 Å². The van der Waals surface area contributed by atoms with Gasteiger partial charge in [0.15, 0.2) is 0 Å². The smallest absolute Gasteiger partial charge is 0.252 e. The Morgan fingerprint density at radius 2 is 1.77 bits per heavy atom. The second-order valence-corrected chi connectivity index (χ2v) is 8.53. The van der Waals surface area contributed by atoms with Gasteiger partial charge in [-0.15, -0.1) is 0 Å². The van der Waals surface area contributed by atoms with Crippen molar-refractivity contribution < 1.29 is 4.79 Å². The van der Waals surface area contributed by atoms with Gasteiger partial charge in [0.25, 0.3) is 5.91 Å². The van der Waals surface area contributed by atoms with E-state index in [1.54, 1.807) is 0 Å². The van der Waals surface area contributed by atoms with Crippen LogP contribution in [0.4, 0.5) is 11.5 Å². The van der Waals surface area contributed by atoms with Gasteiger partial charge in [0.05, 0.1) is 11.1 Å². The first-order valence-corrected chi connectivity index (χ1v) is 11.3. The molecule has 31 heavy (non-hydrogen) atoms. The Labute approximate surface area is 184 Å². The van der Waals surface area contributed by atoms with Crippen molar-refractivity contribution in [3.63, 3.8) is 0 Å². The average molecular weight is 417 g/mol. The Hall–Kier alpha value is -2.92. The summed E-state index contributed by atoms with van der Waals surface area (Å²) < 4.78 is 0. The van der Waals surface area contributed by atoms with Crippen LogP contribution in [0, 0.1) is 13.8 Å². The molecule has 0 saturated carbocycles. The summed E-state index contributed by atoms with van der Waals surface area (Å²) in [7, 11) is 0. The average Bonchev–Trinajstić information content (AvgIpc) is 3.04. The van der Waals surface area contributed by atoms with E-state index in [1.165, 1.54) is 31.2 Å². The van der Waals surface area contributed by atoms with Crippen LogP contribution in [-0.4, -0.2) is 42.0 Å². The summed E-state index contributed by atoms with van der Waals surface area (Å²) in [5, 5.41) is 7.43. The molecule has 1 saturated heterocycles. The van der Waals surface area contributed by atoms with E-state index in [2.05, 4.69) is 47.6 Å². The van der Waals surface area contributed by atoms with Crippen molar-refractivity contribution in [1.82, 2.24) is 15.2 Å². The highest BCUT2D eigenvalue weighted by Gasteiger charge is 2.15. The van der Waals surface area contributed by atoms with Crippen molar-refractivity contribution in [3.8, 4) is 0 Å². The number of nitrogens with zero attached hydrogens (tertiary/aromatic N) is 2. The molecule has 5 nitrogen and oxygen atoms in total. The van der Waals surface area contributed by atoms with Gasteiger partial charge in [-0.2, -0.15) is 0 Å². The van der Waals surface area contributed by atoms with Crippen molar-refractivity contribution in [2.24, 2.45) is 0 Å². The third-order valence-electron chi connectivity index (χ3n) is 6.03. The highest BCUT2D eigenvalue weighted by atomic mass is 16.1. The molecule has 162 valence electrons. The predicted octanol–water partition coefficient (Wildman–Crippen LogP) is 5.20. The van der Waals surface area contributed by atoms with Crippen LogP contribution in [0.5, 0.6) is 0 Å². The van der Waals surface area contributed by atoms with Crippen LogP contribution in [0.3, 0.4) is 0 Å². The summed E-state index contributed by atoms with van der Waals surface area (Å²) in [4.78, 5) is 20.3. The Bertz CT molecular complexity index is 1050. The number of pyridine rings is 1. The standard InChI is InChI=1S/C26H32N4O/c1-19-11-12-20(2)24(17-19)29-25-18-22(21-9-5-6-10-23(21)28-25)26(31)27-13-16-30-14-7-3-4-8-15-30/h5-6,9-12,17-18H,3-4,7-8,13-16H2,1-2H3,(H,27,31)(H,28,29). The minimum Gasteiger partial charge on any atom is -0.351 e. The molecule has 5 heteroatoms. The van der Waals surface area contributed by atoms with E-state index in [-0.39, 0.29) is 5.91 Å². The molecule has 1 fully saturated rings.